The molecule has 30 heavy (non-hydrogen) atoms. The van der Waals surface area contributed by atoms with Gasteiger partial charge in [-0.1, -0.05) is 32.1 Å². The summed E-state index contributed by atoms with van der Waals surface area (Å²) in [5.74, 6) is -2.06. The van der Waals surface area contributed by atoms with Gasteiger partial charge in [-0.3, -0.25) is 14.5 Å². The predicted octanol–water partition coefficient (Wildman–Crippen LogP) is 2.76. The van der Waals surface area contributed by atoms with Gasteiger partial charge in [0.1, 0.15) is 0 Å². The number of β-lactam (4-membered cyclic amide) rings is 1. The van der Waals surface area contributed by atoms with Crippen LogP contribution in [-0.2, 0) is 14.4 Å². The first-order valence-corrected chi connectivity index (χ1v) is 12.2. The van der Waals surface area contributed by atoms with Crippen molar-refractivity contribution in [1.29, 1.82) is 0 Å². The Labute approximate surface area is 184 Å². The van der Waals surface area contributed by atoms with E-state index in [1.165, 1.54) is 34.4 Å². The molecule has 3 atom stereocenters. The van der Waals surface area contributed by atoms with Crippen LogP contribution in [0.5, 0.6) is 0 Å². The molecule has 3 heterocycles. The molecule has 1 aliphatic carbocycles. The van der Waals surface area contributed by atoms with Crippen LogP contribution in [0, 0.1) is 5.92 Å². The van der Waals surface area contributed by atoms with Crippen LogP contribution in [0.15, 0.2) is 5.38 Å². The summed E-state index contributed by atoms with van der Waals surface area (Å²) in [5, 5.41) is 15.0. The predicted molar refractivity (Wildman–Crippen MR) is 116 cm³/mol. The van der Waals surface area contributed by atoms with Crippen molar-refractivity contribution in [2.45, 2.75) is 80.5 Å². The van der Waals surface area contributed by atoms with Crippen LogP contribution in [0.1, 0.15) is 70.4 Å². The third-order valence-corrected chi connectivity index (χ3v) is 8.92. The Morgan fingerprint density at radius 1 is 1.37 bits per heavy atom. The highest BCUT2D eigenvalue weighted by Crippen LogP contribution is 2.55. The van der Waals surface area contributed by atoms with Crippen molar-refractivity contribution >= 4 is 46.0 Å². The number of aliphatic carboxylic acids is 1. The Hall–Kier alpha value is -1.81. The molecular weight excluding hydrogens is 424 g/mol. The highest BCUT2D eigenvalue weighted by atomic mass is 32.2. The number of hydrogen-bond donors (Lipinski definition) is 3. The maximum atomic E-state index is 13.6. The number of nitrogens with one attached hydrogen (secondary N) is 1. The van der Waals surface area contributed by atoms with E-state index in [9.17, 15) is 19.5 Å². The summed E-state index contributed by atoms with van der Waals surface area (Å²) in [7, 11) is 0. The fraction of sp³-hybridized carbons (Fsp3) is 0.700. The number of amides is 2. The molecule has 0 bridgehead atoms. The largest absolute Gasteiger partial charge is 0.478 e. The number of thioether (sulfide) groups is 1. The van der Waals surface area contributed by atoms with Gasteiger partial charge in [-0.2, -0.15) is 0 Å². The molecule has 4 N–H and O–H groups in total. The van der Waals surface area contributed by atoms with Crippen molar-refractivity contribution in [3.05, 3.63) is 11.1 Å². The number of carbonyl (C=O) groups is 3. The zero-order valence-corrected chi connectivity index (χ0v) is 18.9. The molecule has 2 saturated heterocycles. The Morgan fingerprint density at radius 3 is 2.63 bits per heavy atom. The second-order valence-corrected chi connectivity index (χ2v) is 11.6. The van der Waals surface area contributed by atoms with Crippen LogP contribution >= 0.6 is 23.1 Å². The lowest BCUT2D eigenvalue weighted by molar-refractivity contribution is -0.173. The van der Waals surface area contributed by atoms with Gasteiger partial charge < -0.3 is 16.2 Å². The number of carboxylic acid groups (broad SMARTS) is 1. The summed E-state index contributed by atoms with van der Waals surface area (Å²) in [4.78, 5) is 44.1. The normalized spacial score (nSPS) is 29.2. The number of nitrogens with zero attached hydrogens (tertiary/aromatic N) is 2. The molecule has 3 aliphatic rings. The van der Waals surface area contributed by atoms with E-state index in [1.54, 1.807) is 19.2 Å². The number of nitrogen functional groups attached to an aromatic ring is 1. The Bertz CT molecular complexity index is 867. The molecule has 164 valence electrons. The minimum absolute atomic E-state index is 0.226. The van der Waals surface area contributed by atoms with Gasteiger partial charge in [0.2, 0.25) is 17.5 Å². The molecule has 1 aromatic heterocycles. The monoisotopic (exact) mass is 452 g/mol. The first kappa shape index (κ1) is 21.4. The van der Waals surface area contributed by atoms with Crippen LogP contribution in [0.4, 0.5) is 5.13 Å². The number of carbonyl (C=O) groups excluding carboxylic acids is 2. The summed E-state index contributed by atoms with van der Waals surface area (Å²) in [6.45, 7) is 3.54. The van der Waals surface area contributed by atoms with Crippen molar-refractivity contribution in [2.24, 2.45) is 5.92 Å². The molecule has 8 nitrogen and oxygen atoms in total. The first-order valence-electron chi connectivity index (χ1n) is 10.4. The molecule has 0 radical (unpaired) electrons. The fourth-order valence-electron chi connectivity index (χ4n) is 5.07. The number of fused-ring (bicyclic) bond motifs is 1. The van der Waals surface area contributed by atoms with Crippen molar-refractivity contribution in [3.63, 3.8) is 0 Å². The summed E-state index contributed by atoms with van der Waals surface area (Å²) in [5.41, 5.74) is 4.63. The zero-order chi connectivity index (χ0) is 21.7. The van der Waals surface area contributed by atoms with Crippen LogP contribution < -0.4 is 11.1 Å². The molecule has 4 rings (SSSR count). The van der Waals surface area contributed by atoms with E-state index in [0.29, 0.717) is 29.6 Å². The van der Waals surface area contributed by atoms with Gasteiger partial charge >= 0.3 is 5.97 Å². The number of thiazole rings is 1. The SMILES string of the molecule is CC1(C)S[C@@H]2CC(=O)N2[C@@]1(NC(=O)C(CC1CCCCC1)c1csc(N)n1)C(=O)O. The van der Waals surface area contributed by atoms with E-state index in [1.807, 2.05) is 0 Å². The lowest BCUT2D eigenvalue weighted by Gasteiger charge is -2.46. The topological polar surface area (TPSA) is 126 Å². The highest BCUT2D eigenvalue weighted by molar-refractivity contribution is 8.01. The molecule has 1 aromatic rings. The Morgan fingerprint density at radius 2 is 2.07 bits per heavy atom. The zero-order valence-electron chi connectivity index (χ0n) is 17.2. The van der Waals surface area contributed by atoms with Crippen molar-refractivity contribution in [1.82, 2.24) is 15.2 Å². The third-order valence-electron chi connectivity index (χ3n) is 6.69. The molecule has 1 unspecified atom stereocenters. The summed E-state index contributed by atoms with van der Waals surface area (Å²) in [6.07, 6.45) is 6.52. The van der Waals surface area contributed by atoms with E-state index in [-0.39, 0.29) is 11.3 Å². The van der Waals surface area contributed by atoms with Crippen molar-refractivity contribution in [2.75, 3.05) is 5.73 Å². The first-order chi connectivity index (χ1) is 14.2. The van der Waals surface area contributed by atoms with Gasteiger partial charge in [0.25, 0.3) is 0 Å². The minimum atomic E-state index is -1.78. The average Bonchev–Trinajstić information content (AvgIpc) is 3.17. The second kappa shape index (κ2) is 7.71. The Balaban J connectivity index is 1.64. The second-order valence-electron chi connectivity index (χ2n) is 8.96. The fourth-order valence-corrected chi connectivity index (χ4v) is 7.38. The van der Waals surface area contributed by atoms with E-state index >= 15 is 0 Å². The van der Waals surface area contributed by atoms with Crippen LogP contribution in [-0.4, -0.2) is 48.6 Å². The van der Waals surface area contributed by atoms with Gasteiger partial charge in [-0.15, -0.1) is 23.1 Å². The average molecular weight is 453 g/mol. The lowest BCUT2D eigenvalue weighted by Crippen LogP contribution is -2.75. The molecule has 10 heteroatoms. The summed E-state index contributed by atoms with van der Waals surface area (Å²) in [6, 6.07) is 0. The molecule has 2 amide bonds. The summed E-state index contributed by atoms with van der Waals surface area (Å²) < 4.78 is -0.873. The number of anilines is 1. The van der Waals surface area contributed by atoms with E-state index in [2.05, 4.69) is 10.3 Å². The number of carboxylic acids is 1. The van der Waals surface area contributed by atoms with Gasteiger partial charge in [-0.05, 0) is 26.2 Å². The highest BCUT2D eigenvalue weighted by Gasteiger charge is 2.70. The molecule has 2 aliphatic heterocycles. The molecule has 0 aromatic carbocycles. The lowest BCUT2D eigenvalue weighted by atomic mass is 9.81. The van der Waals surface area contributed by atoms with Crippen LogP contribution in [0.25, 0.3) is 0 Å². The molecule has 0 spiro atoms. The summed E-state index contributed by atoms with van der Waals surface area (Å²) >= 11 is 2.70. The van der Waals surface area contributed by atoms with Crippen LogP contribution in [0.2, 0.25) is 0 Å². The maximum absolute atomic E-state index is 13.6. The number of rotatable bonds is 6. The van der Waals surface area contributed by atoms with Crippen molar-refractivity contribution < 1.29 is 19.5 Å². The van der Waals surface area contributed by atoms with Gasteiger partial charge in [-0.25, -0.2) is 9.78 Å². The van der Waals surface area contributed by atoms with Gasteiger partial charge in [0.05, 0.1) is 28.2 Å². The van der Waals surface area contributed by atoms with E-state index in [0.717, 1.165) is 25.7 Å². The van der Waals surface area contributed by atoms with E-state index < -0.39 is 28.2 Å². The van der Waals surface area contributed by atoms with Gasteiger partial charge in [0, 0.05) is 5.38 Å². The standard InChI is InChI=1S/C20H28N4O4S2/c1-19(2)20(17(27)28,24-14(25)9-15(24)30-19)23-16(26)12(13-10-29-18(21)22-13)8-11-6-4-3-5-7-11/h10-12,15H,3-9H2,1-2H3,(H2,21,22)(H,23,26)(H,27,28)/t12?,15-,20+/m1/s1. The smallest absolute Gasteiger partial charge is 0.352 e. The van der Waals surface area contributed by atoms with E-state index in [4.69, 9.17) is 5.73 Å². The third kappa shape index (κ3) is 3.37. The quantitative estimate of drug-likeness (QED) is 0.567. The molecular formula is C20H28N4O4S2. The van der Waals surface area contributed by atoms with Crippen LogP contribution in [0.3, 0.4) is 0 Å². The van der Waals surface area contributed by atoms with Crippen molar-refractivity contribution in [3.8, 4) is 0 Å². The minimum Gasteiger partial charge on any atom is -0.478 e. The number of hydrogen-bond acceptors (Lipinski definition) is 7. The van der Waals surface area contributed by atoms with Gasteiger partial charge in [0.15, 0.2) is 5.13 Å². The Kier molecular flexibility index (Phi) is 5.50. The maximum Gasteiger partial charge on any atom is 0.352 e. The number of aromatic nitrogens is 1. The molecule has 3 fully saturated rings. The molecule has 1 saturated carbocycles. The number of nitrogens with two attached hydrogens (primary N) is 1.